The molecular formula is C24H30ClF2N2O8PS. The predicted octanol–water partition coefficient (Wildman–Crippen LogP) is 4.94. The van der Waals surface area contributed by atoms with Gasteiger partial charge in [-0.3, -0.25) is 18.6 Å². The summed E-state index contributed by atoms with van der Waals surface area (Å²) in [6, 6.07) is 1.64. The number of ether oxygens (including phenoxy) is 1. The number of aliphatic hydroxyl groups excluding tert-OH is 2. The van der Waals surface area contributed by atoms with Crippen LogP contribution in [0.2, 0.25) is 5.02 Å². The molecule has 0 radical (unpaired) electrons. The first-order valence-corrected chi connectivity index (χ1v) is 14.2. The Labute approximate surface area is 233 Å². The number of aromatic amines is 1. The highest BCUT2D eigenvalue weighted by Gasteiger charge is 2.58. The number of rotatable bonds is 4. The molecule has 3 N–H and O–H groups in total. The Balaban J connectivity index is 1.62. The van der Waals surface area contributed by atoms with E-state index in [0.29, 0.717) is 15.7 Å². The highest BCUT2D eigenvalue weighted by atomic mass is 35.5. The van der Waals surface area contributed by atoms with Crippen LogP contribution in [0.5, 0.6) is 5.75 Å². The maximum Gasteiger partial charge on any atom is 0.530 e. The molecule has 15 heteroatoms. The number of hydrogen-bond donors (Lipinski definition) is 3. The van der Waals surface area contributed by atoms with Crippen LogP contribution in [-0.2, 0) is 35.8 Å². The molecule has 1 saturated heterocycles. The van der Waals surface area contributed by atoms with Crippen molar-refractivity contribution in [1.29, 1.82) is 0 Å². The van der Waals surface area contributed by atoms with Gasteiger partial charge in [0.05, 0.1) is 17.2 Å². The van der Waals surface area contributed by atoms with Crippen molar-refractivity contribution in [2.75, 3.05) is 6.61 Å². The molecule has 1 aromatic heterocycles. The fraction of sp³-hybridized carbons (Fsp3) is 0.583. The van der Waals surface area contributed by atoms with E-state index in [0.717, 1.165) is 6.20 Å². The van der Waals surface area contributed by atoms with Gasteiger partial charge >= 0.3 is 13.5 Å². The van der Waals surface area contributed by atoms with Crippen LogP contribution in [0.1, 0.15) is 64.5 Å². The van der Waals surface area contributed by atoms with Gasteiger partial charge in [0.2, 0.25) is 0 Å². The molecule has 3 heterocycles. The molecule has 4 rings (SSSR count). The summed E-state index contributed by atoms with van der Waals surface area (Å²) in [5, 5.41) is 20.7. The zero-order valence-corrected chi connectivity index (χ0v) is 24.5. The molecule has 2 aromatic rings. The molecule has 0 aliphatic carbocycles. The monoisotopic (exact) mass is 610 g/mol. The van der Waals surface area contributed by atoms with Gasteiger partial charge in [-0.05, 0) is 22.5 Å². The Bertz CT molecular complexity index is 1470. The Morgan fingerprint density at radius 2 is 1.87 bits per heavy atom. The quantitative estimate of drug-likeness (QED) is 0.325. The predicted molar refractivity (Wildman–Crippen MR) is 140 cm³/mol. The van der Waals surface area contributed by atoms with Crippen LogP contribution in [0, 0.1) is 10.5 Å². The summed E-state index contributed by atoms with van der Waals surface area (Å²) >= 11 is 10.8. The fourth-order valence-electron chi connectivity index (χ4n) is 4.29. The third kappa shape index (κ3) is 5.60. The molecule has 10 nitrogen and oxygen atoms in total. The van der Waals surface area contributed by atoms with Crippen LogP contribution >= 0.6 is 31.6 Å². The summed E-state index contributed by atoms with van der Waals surface area (Å²) in [4.78, 5) is 14.5. The van der Waals surface area contributed by atoms with Crippen molar-refractivity contribution in [2.24, 2.45) is 0 Å². The Morgan fingerprint density at radius 3 is 2.46 bits per heavy atom. The average Bonchev–Trinajstić information content (AvgIpc) is 3.03. The van der Waals surface area contributed by atoms with E-state index in [1.54, 1.807) is 6.07 Å². The summed E-state index contributed by atoms with van der Waals surface area (Å²) in [5.74, 6) is -3.77. The molecule has 2 aliphatic heterocycles. The summed E-state index contributed by atoms with van der Waals surface area (Å²) in [5.41, 5.74) is -1.02. The second kappa shape index (κ2) is 9.99. The van der Waals surface area contributed by atoms with Gasteiger partial charge in [-0.15, -0.1) is 0 Å². The number of fused-ring (bicyclic) bond motifs is 1. The maximum atomic E-state index is 15.7. The van der Waals surface area contributed by atoms with Crippen molar-refractivity contribution in [1.82, 2.24) is 9.55 Å². The van der Waals surface area contributed by atoms with Crippen molar-refractivity contribution in [3.8, 4) is 5.75 Å². The first-order valence-electron chi connectivity index (χ1n) is 12.0. The van der Waals surface area contributed by atoms with E-state index in [9.17, 15) is 19.6 Å². The van der Waals surface area contributed by atoms with Gasteiger partial charge in [-0.25, -0.2) is 18.1 Å². The fourth-order valence-corrected chi connectivity index (χ4v) is 5.81. The minimum Gasteiger partial charge on any atom is -0.403 e. The highest BCUT2D eigenvalue weighted by molar-refractivity contribution is 7.71. The second-order valence-electron chi connectivity index (χ2n) is 11.6. The molecule has 0 spiro atoms. The van der Waals surface area contributed by atoms with Gasteiger partial charge in [0, 0.05) is 11.8 Å². The molecule has 1 unspecified atom stereocenters. The van der Waals surface area contributed by atoms with Crippen molar-refractivity contribution in [3.05, 3.63) is 54.9 Å². The lowest BCUT2D eigenvalue weighted by Gasteiger charge is -2.34. The maximum absolute atomic E-state index is 15.7. The number of phosphoric acid groups is 1. The number of benzene rings is 1. The molecule has 0 saturated carbocycles. The first-order chi connectivity index (χ1) is 17.8. The third-order valence-corrected chi connectivity index (χ3v) is 8.50. The molecule has 1 fully saturated rings. The van der Waals surface area contributed by atoms with E-state index < -0.39 is 67.7 Å². The molecule has 39 heavy (non-hydrogen) atoms. The Hall–Kier alpha value is -1.70. The topological polar surface area (TPSA) is 132 Å². The lowest BCUT2D eigenvalue weighted by atomic mass is 9.78. The highest BCUT2D eigenvalue weighted by Crippen LogP contribution is 2.58. The normalized spacial score (nSPS) is 29.3. The van der Waals surface area contributed by atoms with Gasteiger partial charge in [0.1, 0.15) is 35.0 Å². The van der Waals surface area contributed by atoms with E-state index in [1.807, 2.05) is 41.5 Å². The van der Waals surface area contributed by atoms with E-state index in [1.165, 1.54) is 0 Å². The van der Waals surface area contributed by atoms with Gasteiger partial charge < -0.3 is 19.5 Å². The molecule has 2 aliphatic rings. The molecular weight excluding hydrogens is 581 g/mol. The molecule has 1 aromatic carbocycles. The summed E-state index contributed by atoms with van der Waals surface area (Å²) in [6.07, 6.45) is -4.92. The third-order valence-electron chi connectivity index (χ3n) is 6.49. The SMILES string of the molecule is CC(C)(C)c1cc(C(C)(C)C)c2c(c1F)COP(=O)(OC[C@@]1(F)O[C@@H](n3cc(Cl)c(=S)[nH]c3=O)[C@H](O)[C@@H]1O)O2. The van der Waals surface area contributed by atoms with Gasteiger partial charge in [0.25, 0.3) is 5.85 Å². The molecule has 216 valence electrons. The number of hydrogen-bond acceptors (Lipinski definition) is 9. The Kier molecular flexibility index (Phi) is 7.75. The second-order valence-corrected chi connectivity index (χ2v) is 14.0. The van der Waals surface area contributed by atoms with Crippen molar-refractivity contribution >= 4 is 31.6 Å². The van der Waals surface area contributed by atoms with Crippen LogP contribution in [0.15, 0.2) is 17.1 Å². The number of halogens is 3. The molecule has 5 atom stereocenters. The first kappa shape index (κ1) is 30.3. The lowest BCUT2D eigenvalue weighted by Crippen LogP contribution is -2.43. The Morgan fingerprint density at radius 1 is 1.26 bits per heavy atom. The minimum atomic E-state index is -4.56. The zero-order valence-electron chi connectivity index (χ0n) is 22.1. The summed E-state index contributed by atoms with van der Waals surface area (Å²) in [6.45, 7) is 9.42. The average molecular weight is 611 g/mol. The van der Waals surface area contributed by atoms with Crippen LogP contribution in [0.3, 0.4) is 0 Å². The van der Waals surface area contributed by atoms with Crippen molar-refractivity contribution in [2.45, 2.75) is 83.3 Å². The van der Waals surface area contributed by atoms with E-state index >= 15 is 8.78 Å². The summed E-state index contributed by atoms with van der Waals surface area (Å²) < 4.78 is 66.4. The number of aromatic nitrogens is 2. The van der Waals surface area contributed by atoms with Crippen LogP contribution in [-0.4, -0.2) is 44.4 Å². The van der Waals surface area contributed by atoms with Gasteiger partial charge in [-0.2, -0.15) is 0 Å². The standard InChI is InChI=1S/C24H30ClF2N2O8PS/c1-22(2,3)12-7-13(23(4,5)6)17-11(15(12)26)9-34-38(33,37-17)35-10-24(27)18(31)16(30)20(36-24)29-8-14(25)19(39)28-21(29)32/h7-8,16,18,20,30-31H,9-10H2,1-6H3,(H,28,32,39)/t16-,18+,20-,24-,38?/m1/s1. The zero-order chi connectivity index (χ0) is 29.3. The van der Waals surface area contributed by atoms with Crippen LogP contribution < -0.4 is 10.2 Å². The number of H-pyrrole nitrogens is 1. The smallest absolute Gasteiger partial charge is 0.403 e. The lowest BCUT2D eigenvalue weighted by molar-refractivity contribution is -0.205. The van der Waals surface area contributed by atoms with Crippen molar-refractivity contribution in [3.63, 3.8) is 0 Å². The van der Waals surface area contributed by atoms with Gasteiger partial charge in [-0.1, -0.05) is 65.4 Å². The molecule has 0 amide bonds. The van der Waals surface area contributed by atoms with Crippen LogP contribution in [0.4, 0.5) is 8.78 Å². The van der Waals surface area contributed by atoms with Crippen LogP contribution in [0.25, 0.3) is 0 Å². The largest absolute Gasteiger partial charge is 0.530 e. The minimum absolute atomic E-state index is 0.0398. The number of aliphatic hydroxyl groups is 2. The van der Waals surface area contributed by atoms with Crippen molar-refractivity contribution < 1.29 is 41.9 Å². The summed E-state index contributed by atoms with van der Waals surface area (Å²) in [7, 11) is -4.56. The van der Waals surface area contributed by atoms with E-state index in [-0.39, 0.29) is 21.0 Å². The number of nitrogens with one attached hydrogen (secondary N) is 1. The number of phosphoric ester groups is 1. The number of nitrogens with zero attached hydrogens (tertiary/aromatic N) is 1. The molecule has 0 bridgehead atoms. The van der Waals surface area contributed by atoms with E-state index in [2.05, 4.69) is 4.98 Å². The van der Waals surface area contributed by atoms with E-state index in [4.69, 9.17) is 42.1 Å². The number of alkyl halides is 1. The van der Waals surface area contributed by atoms with Gasteiger partial charge in [0.15, 0.2) is 6.23 Å².